The molecule has 2 aromatic rings. The van der Waals surface area contributed by atoms with E-state index in [1.54, 1.807) is 31.2 Å². The number of carbonyl (C=O) groups is 2. The Morgan fingerprint density at radius 3 is 2.22 bits per heavy atom. The molecule has 1 amide bonds. The summed E-state index contributed by atoms with van der Waals surface area (Å²) < 4.78 is 15.3. The smallest absolute Gasteiger partial charge is 0.338 e. The summed E-state index contributed by atoms with van der Waals surface area (Å²) in [4.78, 5) is 24.3. The highest BCUT2D eigenvalue weighted by molar-refractivity contribution is 6.35. The average Bonchev–Trinajstić information content (AvgIpc) is 2.65. The lowest BCUT2D eigenvalue weighted by Crippen LogP contribution is -2.31. The van der Waals surface area contributed by atoms with E-state index in [2.05, 4.69) is 5.32 Å². The van der Waals surface area contributed by atoms with Gasteiger partial charge in [-0.1, -0.05) is 29.3 Å². The van der Waals surface area contributed by atoms with Gasteiger partial charge in [0.2, 0.25) is 0 Å². The number of amides is 1. The third-order valence-electron chi connectivity index (χ3n) is 3.73. The number of rotatable bonds is 7. The van der Waals surface area contributed by atoms with Crippen molar-refractivity contribution in [1.29, 1.82) is 0 Å². The zero-order valence-electron chi connectivity index (χ0n) is 15.0. The molecule has 0 aliphatic rings. The lowest BCUT2D eigenvalue weighted by molar-refractivity contribution is -0.124. The van der Waals surface area contributed by atoms with Crippen LogP contribution in [0.4, 0.5) is 0 Å². The first-order valence-electron chi connectivity index (χ1n) is 7.98. The molecule has 0 aromatic heterocycles. The highest BCUT2D eigenvalue weighted by Gasteiger charge is 2.16. The molecule has 0 aliphatic heterocycles. The van der Waals surface area contributed by atoms with E-state index in [0.717, 1.165) is 0 Å². The van der Waals surface area contributed by atoms with Crippen LogP contribution >= 0.6 is 23.2 Å². The van der Waals surface area contributed by atoms with E-state index in [-0.39, 0.29) is 11.6 Å². The lowest BCUT2D eigenvalue weighted by Gasteiger charge is -2.16. The monoisotopic (exact) mass is 411 g/mol. The third kappa shape index (κ3) is 5.77. The second-order valence-corrected chi connectivity index (χ2v) is 6.48. The van der Waals surface area contributed by atoms with Crippen molar-refractivity contribution in [3.8, 4) is 11.5 Å². The fraction of sp³-hybridized carbons (Fsp3) is 0.263. The number of nitrogens with one attached hydrogen (secondary N) is 1. The molecular formula is C19H19Cl2NO5. The van der Waals surface area contributed by atoms with Crippen LogP contribution in [0.2, 0.25) is 10.0 Å². The Hall–Kier alpha value is -2.44. The number of hydrogen-bond acceptors (Lipinski definition) is 5. The molecule has 0 saturated heterocycles. The number of carbonyl (C=O) groups excluding carboxylic acids is 2. The summed E-state index contributed by atoms with van der Waals surface area (Å²) in [5.74, 6) is -0.246. The summed E-state index contributed by atoms with van der Waals surface area (Å²) in [7, 11) is 2.95. The Bertz CT molecular complexity index is 819. The summed E-state index contributed by atoms with van der Waals surface area (Å²) in [6, 6.07) is 9.25. The molecule has 0 bridgehead atoms. The first-order chi connectivity index (χ1) is 12.8. The van der Waals surface area contributed by atoms with Crippen LogP contribution in [0.15, 0.2) is 36.4 Å². The topological polar surface area (TPSA) is 73.9 Å². The molecule has 0 radical (unpaired) electrons. The van der Waals surface area contributed by atoms with Gasteiger partial charge < -0.3 is 19.5 Å². The fourth-order valence-corrected chi connectivity index (χ4v) is 2.93. The van der Waals surface area contributed by atoms with Crippen LogP contribution in [0.3, 0.4) is 0 Å². The van der Waals surface area contributed by atoms with Gasteiger partial charge in [-0.05, 0) is 36.8 Å². The van der Waals surface area contributed by atoms with E-state index < -0.39 is 18.5 Å². The van der Waals surface area contributed by atoms with Crippen molar-refractivity contribution >= 4 is 35.1 Å². The van der Waals surface area contributed by atoms with Gasteiger partial charge in [0.15, 0.2) is 6.61 Å². The molecule has 8 heteroatoms. The van der Waals surface area contributed by atoms with Gasteiger partial charge in [-0.3, -0.25) is 4.79 Å². The molecule has 0 fully saturated rings. The van der Waals surface area contributed by atoms with Crippen LogP contribution in [0.1, 0.15) is 28.9 Å². The second kappa shape index (κ2) is 9.48. The van der Waals surface area contributed by atoms with E-state index >= 15 is 0 Å². The average molecular weight is 412 g/mol. The molecule has 2 rings (SSSR count). The van der Waals surface area contributed by atoms with Crippen LogP contribution in [0.25, 0.3) is 0 Å². The molecule has 1 N–H and O–H groups in total. The second-order valence-electron chi connectivity index (χ2n) is 5.63. The van der Waals surface area contributed by atoms with Gasteiger partial charge in [0.05, 0.1) is 25.8 Å². The lowest BCUT2D eigenvalue weighted by atomic mass is 10.1. The van der Waals surface area contributed by atoms with Crippen molar-refractivity contribution in [3.63, 3.8) is 0 Å². The molecule has 1 unspecified atom stereocenters. The predicted molar refractivity (Wildman–Crippen MR) is 103 cm³/mol. The minimum atomic E-state index is -0.667. The van der Waals surface area contributed by atoms with Crippen molar-refractivity contribution < 1.29 is 23.8 Å². The number of halogens is 2. The molecule has 0 aliphatic carbocycles. The maximum atomic E-state index is 12.2. The van der Waals surface area contributed by atoms with E-state index in [9.17, 15) is 9.59 Å². The summed E-state index contributed by atoms with van der Waals surface area (Å²) in [6.07, 6.45) is 0. The predicted octanol–water partition coefficient (Wildman–Crippen LogP) is 4.04. The minimum Gasteiger partial charge on any atom is -0.497 e. The van der Waals surface area contributed by atoms with Crippen molar-refractivity contribution in [3.05, 3.63) is 57.6 Å². The summed E-state index contributed by atoms with van der Waals surface area (Å²) in [5.41, 5.74) is 0.922. The van der Waals surface area contributed by atoms with Gasteiger partial charge in [0, 0.05) is 16.1 Å². The zero-order chi connectivity index (χ0) is 20.0. The number of benzene rings is 2. The van der Waals surface area contributed by atoms with Crippen molar-refractivity contribution in [2.75, 3.05) is 20.8 Å². The maximum Gasteiger partial charge on any atom is 0.338 e. The van der Waals surface area contributed by atoms with Crippen LogP contribution < -0.4 is 14.8 Å². The van der Waals surface area contributed by atoms with E-state index in [1.807, 2.05) is 0 Å². The van der Waals surface area contributed by atoms with Crippen LogP contribution in [0, 0.1) is 0 Å². The Morgan fingerprint density at radius 1 is 1.04 bits per heavy atom. The van der Waals surface area contributed by atoms with E-state index in [0.29, 0.717) is 27.1 Å². The van der Waals surface area contributed by atoms with Gasteiger partial charge in [0.1, 0.15) is 11.5 Å². The van der Waals surface area contributed by atoms with Crippen LogP contribution in [0.5, 0.6) is 11.5 Å². The van der Waals surface area contributed by atoms with Gasteiger partial charge in [-0.15, -0.1) is 0 Å². The van der Waals surface area contributed by atoms with Gasteiger partial charge in [-0.25, -0.2) is 4.79 Å². The Labute approximate surface area is 167 Å². The number of esters is 1. The SMILES string of the molecule is COc1cc(OC)cc(C(=O)OCC(=O)NC(C)c2ccc(Cl)cc2Cl)c1. The number of methoxy groups -OCH3 is 2. The standard InChI is InChI=1S/C19H19Cl2NO5/c1-11(16-5-4-13(20)8-17(16)21)22-18(23)10-27-19(24)12-6-14(25-2)9-15(7-12)26-3/h4-9,11H,10H2,1-3H3,(H,22,23). The molecular weight excluding hydrogens is 393 g/mol. The van der Waals surface area contributed by atoms with Crippen molar-refractivity contribution in [2.45, 2.75) is 13.0 Å². The quantitative estimate of drug-likeness (QED) is 0.695. The molecule has 6 nitrogen and oxygen atoms in total. The Balaban J connectivity index is 1.96. The summed E-state index contributed by atoms with van der Waals surface area (Å²) in [5, 5.41) is 3.66. The molecule has 1 atom stereocenters. The first kappa shape index (κ1) is 20.9. The molecule has 144 valence electrons. The Morgan fingerprint density at radius 2 is 1.67 bits per heavy atom. The molecule has 0 spiro atoms. The molecule has 0 heterocycles. The maximum absolute atomic E-state index is 12.2. The molecule has 0 saturated carbocycles. The van der Waals surface area contributed by atoms with Gasteiger partial charge >= 0.3 is 5.97 Å². The van der Waals surface area contributed by atoms with E-state index in [1.165, 1.54) is 26.4 Å². The number of ether oxygens (including phenoxy) is 3. The van der Waals surface area contributed by atoms with Gasteiger partial charge in [0.25, 0.3) is 5.91 Å². The third-order valence-corrected chi connectivity index (χ3v) is 4.29. The molecule has 2 aromatic carbocycles. The van der Waals surface area contributed by atoms with Gasteiger partial charge in [-0.2, -0.15) is 0 Å². The van der Waals surface area contributed by atoms with Crippen molar-refractivity contribution in [2.24, 2.45) is 0 Å². The zero-order valence-corrected chi connectivity index (χ0v) is 16.6. The summed E-state index contributed by atoms with van der Waals surface area (Å²) in [6.45, 7) is 1.33. The fourth-order valence-electron chi connectivity index (χ4n) is 2.35. The first-order valence-corrected chi connectivity index (χ1v) is 8.74. The highest BCUT2D eigenvalue weighted by Crippen LogP contribution is 2.26. The largest absolute Gasteiger partial charge is 0.497 e. The van der Waals surface area contributed by atoms with Crippen LogP contribution in [-0.4, -0.2) is 32.7 Å². The number of hydrogen-bond donors (Lipinski definition) is 1. The van der Waals surface area contributed by atoms with Crippen molar-refractivity contribution in [1.82, 2.24) is 5.32 Å². The highest BCUT2D eigenvalue weighted by atomic mass is 35.5. The minimum absolute atomic E-state index is 0.216. The van der Waals surface area contributed by atoms with E-state index in [4.69, 9.17) is 37.4 Å². The molecule has 27 heavy (non-hydrogen) atoms. The van der Waals surface area contributed by atoms with Crippen LogP contribution in [-0.2, 0) is 9.53 Å². The summed E-state index contributed by atoms with van der Waals surface area (Å²) >= 11 is 12.0. The normalized spacial score (nSPS) is 11.4. The Kier molecular flexibility index (Phi) is 7.33.